The van der Waals surface area contributed by atoms with Gasteiger partial charge in [0.05, 0.1) is 25.1 Å². The van der Waals surface area contributed by atoms with E-state index in [4.69, 9.17) is 0 Å². The second-order valence-electron chi connectivity index (χ2n) is 7.54. The molecule has 0 radical (unpaired) electrons. The third-order valence-corrected chi connectivity index (χ3v) is 4.71. The lowest BCUT2D eigenvalue weighted by Gasteiger charge is -2.24. The molecule has 0 saturated carbocycles. The van der Waals surface area contributed by atoms with Crippen LogP contribution < -0.4 is 0 Å². The third kappa shape index (κ3) is 6.32. The van der Waals surface area contributed by atoms with Gasteiger partial charge in [-0.15, -0.1) is 0 Å². The Morgan fingerprint density at radius 1 is 0.833 bits per heavy atom. The minimum absolute atomic E-state index is 0.0256. The number of ether oxygens (including phenoxy) is 2. The largest absolute Gasteiger partial charge is 0.462 e. The maximum atomic E-state index is 13.9. The van der Waals surface area contributed by atoms with Crippen LogP contribution in [0.4, 0.5) is 35.1 Å². The van der Waals surface area contributed by atoms with Crippen LogP contribution in [0, 0.1) is 0 Å². The number of hydrogen-bond acceptors (Lipinski definition) is 6. The van der Waals surface area contributed by atoms with Crippen molar-refractivity contribution in [3.8, 4) is 0 Å². The van der Waals surface area contributed by atoms with Gasteiger partial charge in [0.1, 0.15) is 16.8 Å². The van der Waals surface area contributed by atoms with Crippen molar-refractivity contribution in [3.05, 3.63) is 34.9 Å². The first-order chi connectivity index (χ1) is 16.2. The summed E-state index contributed by atoms with van der Waals surface area (Å²) in [4.78, 5) is 22.9. The summed E-state index contributed by atoms with van der Waals surface area (Å²) in [5, 5.41) is 6.85. The molecule has 0 saturated heterocycles. The Bertz CT molecular complexity index is 1050. The monoisotopic (exact) mass is 536 g/mol. The molecule has 0 aliphatic rings. The van der Waals surface area contributed by atoms with Crippen molar-refractivity contribution < 1.29 is 54.2 Å². The van der Waals surface area contributed by atoms with Gasteiger partial charge < -0.3 is 9.47 Å². The van der Waals surface area contributed by atoms with E-state index in [-0.39, 0.29) is 13.2 Å². The van der Waals surface area contributed by atoms with Gasteiger partial charge in [-0.05, 0) is 27.7 Å². The van der Waals surface area contributed by atoms with E-state index in [1.807, 2.05) is 0 Å². The molecule has 204 valence electrons. The predicted octanol–water partition coefficient (Wildman–Crippen LogP) is 4.69. The smallest absolute Gasteiger partial charge is 0.428 e. The zero-order valence-corrected chi connectivity index (χ0v) is 20.0. The van der Waals surface area contributed by atoms with Gasteiger partial charge in [0.2, 0.25) is 11.3 Å². The average molecular weight is 536 g/mol. The second-order valence-corrected chi connectivity index (χ2v) is 7.54. The van der Waals surface area contributed by atoms with Gasteiger partial charge in [-0.3, -0.25) is 9.36 Å². The number of halogens is 8. The summed E-state index contributed by atoms with van der Waals surface area (Å²) < 4.78 is 114. The highest BCUT2D eigenvalue weighted by Crippen LogP contribution is 2.44. The van der Waals surface area contributed by atoms with E-state index in [9.17, 15) is 44.7 Å². The number of nitrogens with zero attached hydrogens (tertiary/aromatic N) is 4. The molecule has 2 aromatic rings. The van der Waals surface area contributed by atoms with Crippen molar-refractivity contribution >= 4 is 11.9 Å². The van der Waals surface area contributed by atoms with Crippen LogP contribution in [0.3, 0.4) is 0 Å². The maximum Gasteiger partial charge on any atom is 0.428 e. The van der Waals surface area contributed by atoms with Crippen molar-refractivity contribution in [2.75, 3.05) is 13.2 Å². The first kappa shape index (κ1) is 30.8. The van der Waals surface area contributed by atoms with Gasteiger partial charge in [-0.1, -0.05) is 0 Å². The highest BCUT2D eigenvalue weighted by molar-refractivity contribution is 5.91. The summed E-state index contributed by atoms with van der Waals surface area (Å²) in [6, 6.07) is 0. The summed E-state index contributed by atoms with van der Waals surface area (Å²) in [5.74, 6) is -2.07. The van der Waals surface area contributed by atoms with E-state index in [1.54, 1.807) is 0 Å². The Morgan fingerprint density at radius 3 is 1.69 bits per heavy atom. The fourth-order valence-electron chi connectivity index (χ4n) is 2.81. The van der Waals surface area contributed by atoms with Gasteiger partial charge >= 0.3 is 24.3 Å². The van der Waals surface area contributed by atoms with Gasteiger partial charge in [0.25, 0.3) is 0 Å². The molecule has 0 bridgehead atoms. The molecule has 2 aromatic heterocycles. The minimum Gasteiger partial charge on any atom is -0.462 e. The fraction of sp³-hybridized carbons (Fsp3) is 0.600. The van der Waals surface area contributed by atoms with Crippen molar-refractivity contribution in [2.24, 2.45) is 14.1 Å². The molecule has 2 rings (SSSR count). The lowest BCUT2D eigenvalue weighted by Crippen LogP contribution is -2.38. The first-order valence-corrected chi connectivity index (χ1v) is 10.2. The summed E-state index contributed by atoms with van der Waals surface area (Å²) >= 11 is 0. The van der Waals surface area contributed by atoms with Crippen LogP contribution in [0.2, 0.25) is 0 Å². The molecule has 2 heterocycles. The molecule has 0 aromatic carbocycles. The Labute approximate surface area is 200 Å². The number of alkyl halides is 8. The zero-order chi connectivity index (χ0) is 28.3. The van der Waals surface area contributed by atoms with E-state index in [1.165, 1.54) is 20.9 Å². The number of carbonyl (C=O) groups is 2. The lowest BCUT2D eigenvalue weighted by molar-refractivity contribution is -0.231. The molecule has 0 aliphatic carbocycles. The van der Waals surface area contributed by atoms with E-state index in [0.29, 0.717) is 18.5 Å². The number of hydrogen-bond donors (Lipinski definition) is 0. The third-order valence-electron chi connectivity index (χ3n) is 4.71. The number of carbonyl (C=O) groups excluding carboxylic acids is 2. The molecular weight excluding hydrogens is 512 g/mol. The number of aromatic nitrogens is 4. The summed E-state index contributed by atoms with van der Waals surface area (Å²) in [5.41, 5.74) is -10.3. The number of rotatable bonds is 6. The normalized spacial score (nSPS) is 15.3. The molecule has 0 aliphatic heterocycles. The number of aryl methyl sites for hydroxylation is 2. The standard InChI is InChI=1S/2C10H12F4N2O2/c1-4-18-8(17)6-5-16(3)15-7(6)9(2,11)10(12,13)14;1-4-18-8(17)6-5-15-16(3)7(6)9(2,11)10(12,13)14/h2*5H,4H2,1-3H3. The lowest BCUT2D eigenvalue weighted by atomic mass is 10.00. The quantitative estimate of drug-likeness (QED) is 0.394. The second kappa shape index (κ2) is 10.8. The number of esters is 2. The van der Waals surface area contributed by atoms with Crippen LogP contribution in [0.1, 0.15) is 59.8 Å². The summed E-state index contributed by atoms with van der Waals surface area (Å²) in [6.07, 6.45) is -8.46. The van der Waals surface area contributed by atoms with Crippen LogP contribution in [0.5, 0.6) is 0 Å². The van der Waals surface area contributed by atoms with Crippen LogP contribution in [-0.2, 0) is 34.9 Å². The summed E-state index contributed by atoms with van der Waals surface area (Å²) in [7, 11) is 2.42. The molecule has 8 nitrogen and oxygen atoms in total. The van der Waals surface area contributed by atoms with Gasteiger partial charge in [0, 0.05) is 20.3 Å². The SMILES string of the molecule is CCOC(=O)c1cn(C)nc1C(C)(F)C(F)(F)F.CCOC(=O)c1cnn(C)c1C(C)(F)C(F)(F)F. The van der Waals surface area contributed by atoms with Crippen LogP contribution in [-0.4, -0.2) is 57.1 Å². The molecule has 2 unspecified atom stereocenters. The maximum absolute atomic E-state index is 13.9. The van der Waals surface area contributed by atoms with E-state index in [0.717, 1.165) is 24.1 Å². The van der Waals surface area contributed by atoms with Crippen LogP contribution in [0.25, 0.3) is 0 Å². The van der Waals surface area contributed by atoms with E-state index < -0.39 is 58.1 Å². The molecule has 16 heteroatoms. The topological polar surface area (TPSA) is 88.2 Å². The first-order valence-electron chi connectivity index (χ1n) is 10.2. The van der Waals surface area contributed by atoms with Gasteiger partial charge in [-0.2, -0.15) is 36.5 Å². The zero-order valence-electron chi connectivity index (χ0n) is 20.0. The van der Waals surface area contributed by atoms with Crippen molar-refractivity contribution in [1.29, 1.82) is 0 Å². The van der Waals surface area contributed by atoms with Gasteiger partial charge in [0.15, 0.2) is 0 Å². The minimum atomic E-state index is -5.16. The molecule has 0 amide bonds. The van der Waals surface area contributed by atoms with Crippen molar-refractivity contribution in [2.45, 2.75) is 51.4 Å². The summed E-state index contributed by atoms with van der Waals surface area (Å²) in [6.45, 7) is 3.59. The van der Waals surface area contributed by atoms with Crippen molar-refractivity contribution in [1.82, 2.24) is 19.6 Å². The van der Waals surface area contributed by atoms with Gasteiger partial charge in [-0.25, -0.2) is 18.4 Å². The van der Waals surface area contributed by atoms with E-state index in [2.05, 4.69) is 19.7 Å². The predicted molar refractivity (Wildman–Crippen MR) is 107 cm³/mol. The molecule has 36 heavy (non-hydrogen) atoms. The molecule has 0 N–H and O–H groups in total. The van der Waals surface area contributed by atoms with E-state index >= 15 is 0 Å². The van der Waals surface area contributed by atoms with Crippen molar-refractivity contribution in [3.63, 3.8) is 0 Å². The molecule has 0 fully saturated rings. The Balaban J connectivity index is 0.000000360. The molecular formula is C20H24F8N4O4. The highest BCUT2D eigenvalue weighted by Gasteiger charge is 2.57. The highest BCUT2D eigenvalue weighted by atomic mass is 19.4. The average Bonchev–Trinajstić information content (AvgIpc) is 3.30. The Hall–Kier alpha value is -3.20. The Kier molecular flexibility index (Phi) is 9.27. The molecule has 0 spiro atoms. The van der Waals surface area contributed by atoms with Crippen LogP contribution >= 0.6 is 0 Å². The van der Waals surface area contributed by atoms with Crippen LogP contribution in [0.15, 0.2) is 12.4 Å². The Morgan fingerprint density at radius 2 is 1.28 bits per heavy atom. The fourth-order valence-corrected chi connectivity index (χ4v) is 2.81. The molecule has 2 atom stereocenters.